The molecular formula is C18H23N3OS. The minimum atomic E-state index is -0.0902. The van der Waals surface area contributed by atoms with E-state index in [0.717, 1.165) is 42.7 Å². The Morgan fingerprint density at radius 2 is 2.09 bits per heavy atom. The molecule has 1 aliphatic rings. The molecule has 3 rings (SSSR count). The van der Waals surface area contributed by atoms with Crippen LogP contribution in [0.5, 0.6) is 0 Å². The fourth-order valence-corrected chi connectivity index (χ4v) is 3.43. The monoisotopic (exact) mass is 329 g/mol. The molecule has 0 radical (unpaired) electrons. The molecule has 4 nitrogen and oxygen atoms in total. The van der Waals surface area contributed by atoms with E-state index >= 15 is 0 Å². The Morgan fingerprint density at radius 1 is 1.26 bits per heavy atom. The highest BCUT2D eigenvalue weighted by Crippen LogP contribution is 2.26. The van der Waals surface area contributed by atoms with E-state index in [2.05, 4.69) is 48.0 Å². The predicted octanol–water partition coefficient (Wildman–Crippen LogP) is 3.77. The van der Waals surface area contributed by atoms with Crippen LogP contribution in [0.1, 0.15) is 25.8 Å². The highest BCUT2D eigenvalue weighted by Gasteiger charge is 2.31. The van der Waals surface area contributed by atoms with E-state index < -0.39 is 0 Å². The van der Waals surface area contributed by atoms with Gasteiger partial charge in [-0.05, 0) is 18.9 Å². The molecule has 122 valence electrons. The molecule has 1 aromatic carbocycles. The topological polar surface area (TPSA) is 38.2 Å². The fraction of sp³-hybridized carbons (Fsp3) is 0.444. The van der Waals surface area contributed by atoms with Crippen molar-refractivity contribution in [3.8, 4) is 0 Å². The molecule has 1 atom stereocenters. The van der Waals surface area contributed by atoms with Crippen molar-refractivity contribution in [3.05, 3.63) is 48.3 Å². The molecule has 1 aromatic heterocycles. The SMILES string of the molecule is CCC1(C)CN(c2cncc(SCc3ccccc3)n2)CCO1. The third-order valence-corrected chi connectivity index (χ3v) is 5.21. The molecule has 0 N–H and O–H groups in total. The number of thioether (sulfide) groups is 1. The summed E-state index contributed by atoms with van der Waals surface area (Å²) in [5.41, 5.74) is 1.21. The molecule has 23 heavy (non-hydrogen) atoms. The Kier molecular flexibility index (Phi) is 5.18. The number of morpholine rings is 1. The van der Waals surface area contributed by atoms with Crippen molar-refractivity contribution in [2.24, 2.45) is 0 Å². The van der Waals surface area contributed by atoms with Crippen LogP contribution in [0.25, 0.3) is 0 Å². The number of ether oxygens (including phenoxy) is 1. The summed E-state index contributed by atoms with van der Waals surface area (Å²) in [5.74, 6) is 1.86. The summed E-state index contributed by atoms with van der Waals surface area (Å²) in [5, 5.41) is 0.969. The fourth-order valence-electron chi connectivity index (χ4n) is 2.63. The maximum atomic E-state index is 5.91. The number of hydrogen-bond acceptors (Lipinski definition) is 5. The molecule has 0 saturated carbocycles. The average molecular weight is 329 g/mol. The van der Waals surface area contributed by atoms with E-state index in [1.807, 2.05) is 18.5 Å². The first-order valence-corrected chi connectivity index (χ1v) is 9.05. The van der Waals surface area contributed by atoms with Gasteiger partial charge in [0.15, 0.2) is 0 Å². The van der Waals surface area contributed by atoms with Crippen LogP contribution < -0.4 is 4.90 Å². The first kappa shape index (κ1) is 16.3. The second-order valence-electron chi connectivity index (χ2n) is 6.06. The largest absolute Gasteiger partial charge is 0.372 e. The Balaban J connectivity index is 1.67. The van der Waals surface area contributed by atoms with E-state index in [4.69, 9.17) is 9.72 Å². The zero-order chi connectivity index (χ0) is 16.1. The smallest absolute Gasteiger partial charge is 0.148 e. The Morgan fingerprint density at radius 3 is 2.87 bits per heavy atom. The van der Waals surface area contributed by atoms with Crippen molar-refractivity contribution in [3.63, 3.8) is 0 Å². The summed E-state index contributed by atoms with van der Waals surface area (Å²) < 4.78 is 5.91. The van der Waals surface area contributed by atoms with Crippen LogP contribution in [0.4, 0.5) is 5.82 Å². The lowest BCUT2D eigenvalue weighted by molar-refractivity contribution is -0.0443. The highest BCUT2D eigenvalue weighted by atomic mass is 32.2. The molecule has 0 amide bonds. The number of aromatic nitrogens is 2. The quantitative estimate of drug-likeness (QED) is 0.781. The van der Waals surface area contributed by atoms with Crippen molar-refractivity contribution in [2.45, 2.75) is 36.6 Å². The van der Waals surface area contributed by atoms with Gasteiger partial charge in [0, 0.05) is 18.8 Å². The van der Waals surface area contributed by atoms with Crippen LogP contribution in [0.2, 0.25) is 0 Å². The number of rotatable bonds is 5. The molecule has 2 heterocycles. The van der Waals surface area contributed by atoms with Gasteiger partial charge in [-0.1, -0.05) is 37.3 Å². The van der Waals surface area contributed by atoms with Crippen LogP contribution >= 0.6 is 11.8 Å². The summed E-state index contributed by atoms with van der Waals surface area (Å²) in [7, 11) is 0. The maximum Gasteiger partial charge on any atom is 0.148 e. The third-order valence-electron chi connectivity index (χ3n) is 4.24. The lowest BCUT2D eigenvalue weighted by Gasteiger charge is -2.40. The average Bonchev–Trinajstić information content (AvgIpc) is 2.61. The van der Waals surface area contributed by atoms with Crippen molar-refractivity contribution in [1.82, 2.24) is 9.97 Å². The zero-order valence-corrected chi connectivity index (χ0v) is 14.6. The summed E-state index contributed by atoms with van der Waals surface area (Å²) in [6.45, 7) is 6.82. The van der Waals surface area contributed by atoms with Gasteiger partial charge in [-0.15, -0.1) is 11.8 Å². The van der Waals surface area contributed by atoms with Crippen LogP contribution in [-0.2, 0) is 10.5 Å². The van der Waals surface area contributed by atoms with Gasteiger partial charge in [0.25, 0.3) is 0 Å². The van der Waals surface area contributed by atoms with Crippen molar-refractivity contribution >= 4 is 17.6 Å². The molecule has 0 aliphatic carbocycles. The highest BCUT2D eigenvalue weighted by molar-refractivity contribution is 7.98. The van der Waals surface area contributed by atoms with E-state index in [1.165, 1.54) is 5.56 Å². The van der Waals surface area contributed by atoms with E-state index in [-0.39, 0.29) is 5.60 Å². The second kappa shape index (κ2) is 7.32. The standard InChI is InChI=1S/C18H23N3OS/c1-3-18(2)14-21(9-10-22-18)16-11-19-12-17(20-16)23-13-15-7-5-4-6-8-15/h4-8,11-12H,3,9-10,13-14H2,1-2H3. The lowest BCUT2D eigenvalue weighted by Crippen LogP contribution is -2.50. The van der Waals surface area contributed by atoms with Gasteiger partial charge >= 0.3 is 0 Å². The summed E-state index contributed by atoms with van der Waals surface area (Å²) in [6.07, 6.45) is 4.70. The first-order chi connectivity index (χ1) is 11.2. The second-order valence-corrected chi connectivity index (χ2v) is 7.06. The Hall–Kier alpha value is -1.59. The van der Waals surface area contributed by atoms with Crippen LogP contribution in [0.3, 0.4) is 0 Å². The molecule has 1 saturated heterocycles. The Bertz CT molecular complexity index is 637. The summed E-state index contributed by atoms with van der Waals surface area (Å²) in [4.78, 5) is 11.4. The van der Waals surface area contributed by atoms with E-state index in [0.29, 0.717) is 0 Å². The molecule has 1 unspecified atom stereocenters. The van der Waals surface area contributed by atoms with Gasteiger partial charge in [0.2, 0.25) is 0 Å². The maximum absolute atomic E-state index is 5.91. The first-order valence-electron chi connectivity index (χ1n) is 8.06. The lowest BCUT2D eigenvalue weighted by atomic mass is 10.0. The van der Waals surface area contributed by atoms with Gasteiger partial charge in [0.1, 0.15) is 10.8 Å². The van der Waals surface area contributed by atoms with Gasteiger partial charge in [0.05, 0.1) is 24.6 Å². The number of hydrogen-bond donors (Lipinski definition) is 0. The van der Waals surface area contributed by atoms with Crippen LogP contribution in [0, 0.1) is 0 Å². The Labute approximate surface area is 142 Å². The molecule has 2 aromatic rings. The summed E-state index contributed by atoms with van der Waals surface area (Å²) in [6, 6.07) is 10.4. The summed E-state index contributed by atoms with van der Waals surface area (Å²) >= 11 is 1.73. The van der Waals surface area contributed by atoms with Gasteiger partial charge in [-0.3, -0.25) is 4.98 Å². The van der Waals surface area contributed by atoms with E-state index in [1.54, 1.807) is 11.8 Å². The third kappa shape index (κ3) is 4.24. The normalized spacial score (nSPS) is 21.4. The van der Waals surface area contributed by atoms with Gasteiger partial charge in [-0.2, -0.15) is 0 Å². The van der Waals surface area contributed by atoms with Gasteiger partial charge < -0.3 is 9.64 Å². The molecular weight excluding hydrogens is 306 g/mol. The van der Waals surface area contributed by atoms with Crippen LogP contribution in [-0.4, -0.2) is 35.3 Å². The van der Waals surface area contributed by atoms with Gasteiger partial charge in [-0.25, -0.2) is 4.98 Å². The van der Waals surface area contributed by atoms with E-state index in [9.17, 15) is 0 Å². The predicted molar refractivity (Wildman–Crippen MR) is 94.9 cm³/mol. The molecule has 1 fully saturated rings. The molecule has 1 aliphatic heterocycles. The number of anilines is 1. The molecule has 5 heteroatoms. The van der Waals surface area contributed by atoms with Crippen molar-refractivity contribution in [1.29, 1.82) is 0 Å². The zero-order valence-electron chi connectivity index (χ0n) is 13.7. The molecule has 0 bridgehead atoms. The minimum Gasteiger partial charge on any atom is -0.372 e. The number of benzene rings is 1. The van der Waals surface area contributed by atoms with Crippen LogP contribution in [0.15, 0.2) is 47.8 Å². The number of nitrogens with zero attached hydrogens (tertiary/aromatic N) is 3. The minimum absolute atomic E-state index is 0.0902. The molecule has 0 spiro atoms. The van der Waals surface area contributed by atoms with Crippen molar-refractivity contribution < 1.29 is 4.74 Å². The van der Waals surface area contributed by atoms with Crippen molar-refractivity contribution in [2.75, 3.05) is 24.6 Å².